The van der Waals surface area contributed by atoms with Gasteiger partial charge in [-0.2, -0.15) is 0 Å². The van der Waals surface area contributed by atoms with Gasteiger partial charge in [-0.25, -0.2) is 0 Å². The number of fused-ring (bicyclic) bond motifs is 9. The molecule has 0 fully saturated rings. The minimum atomic E-state index is -2.71. The van der Waals surface area contributed by atoms with Crippen LogP contribution in [-0.4, -0.2) is 128 Å². The summed E-state index contributed by atoms with van der Waals surface area (Å²) in [5.74, 6) is -19.2. The van der Waals surface area contributed by atoms with E-state index in [9.17, 15) is 97.0 Å². The molecule has 0 spiro atoms. The Morgan fingerprint density at radius 2 is 0.857 bits per heavy atom. The molecule has 19 N–H and O–H groups in total. The first-order chi connectivity index (χ1) is 40.0. The van der Waals surface area contributed by atoms with E-state index in [-0.39, 0.29) is 61.8 Å². The maximum atomic E-state index is 13.2. The van der Waals surface area contributed by atoms with Crippen molar-refractivity contribution in [2.75, 3.05) is 0 Å². The summed E-state index contributed by atoms with van der Waals surface area (Å²) in [5.41, 5.74) is -2.37. The van der Waals surface area contributed by atoms with Gasteiger partial charge in [-0.1, -0.05) is 18.2 Å². The van der Waals surface area contributed by atoms with Crippen molar-refractivity contribution in [3.05, 3.63) is 170 Å². The molecule has 6 aliphatic rings. The highest BCUT2D eigenvalue weighted by molar-refractivity contribution is 5.74. The van der Waals surface area contributed by atoms with E-state index in [2.05, 4.69) is 0 Å². The Kier molecular flexibility index (Phi) is 11.9. The third kappa shape index (κ3) is 7.78. The Bertz CT molecular complexity index is 4020. The van der Waals surface area contributed by atoms with Gasteiger partial charge in [0.05, 0.1) is 29.8 Å². The molecule has 1 aliphatic carbocycles. The second-order valence-corrected chi connectivity index (χ2v) is 21.5. The minimum Gasteiger partial charge on any atom is -0.512 e. The summed E-state index contributed by atoms with van der Waals surface area (Å²) < 4.78 is 32.9. The van der Waals surface area contributed by atoms with Gasteiger partial charge in [-0.15, -0.1) is 0 Å². The molecule has 5 aliphatic heterocycles. The maximum Gasteiger partial charge on any atom is 0.305 e. The standard InChI is InChI=1S/C60H50O24/c61-23-13-34(71)42-40(14-23)80-54(20-2-6-26(63)31(68)10-20)51(77)48(42)45-36(73)17-37(74)46-50-47-41(83-60(59(50)79,84-58(45)46)22-4-8-28(65)33(70)12-22)18-38(75)44-49(52(78)55(82-57(44)47)21-3-7-27(64)32(69)11-21)43-35(72)16-29(66)24-15-39(76)53(81-56(24)43)19-1-5-25(62)30(67)9-19/h1-12,14,16-18,34,39,48-55,59,61-79H,13,15H2/t34?,39-,48?,49+,50-,51-,52-,53-,54-,55-,59?,60-/m1/s1. The van der Waals surface area contributed by atoms with E-state index >= 15 is 0 Å². The number of hydrogen-bond acceptors (Lipinski definition) is 24. The summed E-state index contributed by atoms with van der Waals surface area (Å²) >= 11 is 0. The zero-order chi connectivity index (χ0) is 59.4. The number of aromatic hydroxyl groups is 13. The summed E-state index contributed by atoms with van der Waals surface area (Å²) in [4.78, 5) is 0. The van der Waals surface area contributed by atoms with Crippen molar-refractivity contribution in [3.8, 4) is 97.7 Å². The highest BCUT2D eigenvalue weighted by Crippen LogP contribution is 2.67. The van der Waals surface area contributed by atoms with Crippen LogP contribution in [0, 0.1) is 0 Å². The van der Waals surface area contributed by atoms with E-state index in [1.165, 1.54) is 24.3 Å². The number of aliphatic hydroxyl groups excluding tert-OH is 6. The number of rotatable bonds is 6. The van der Waals surface area contributed by atoms with Gasteiger partial charge in [-0.3, -0.25) is 0 Å². The van der Waals surface area contributed by atoms with Gasteiger partial charge < -0.3 is 121 Å². The van der Waals surface area contributed by atoms with E-state index < -0.39 is 194 Å². The predicted octanol–water partition coefficient (Wildman–Crippen LogP) is 5.33. The van der Waals surface area contributed by atoms with Crippen LogP contribution in [0.25, 0.3) is 0 Å². The molecule has 0 aromatic heterocycles. The van der Waals surface area contributed by atoms with Crippen LogP contribution >= 0.6 is 0 Å². The third-order valence-corrected chi connectivity index (χ3v) is 16.6. The molecule has 12 atom stereocenters. The Balaban J connectivity index is 1.09. The Morgan fingerprint density at radius 1 is 0.381 bits per heavy atom. The highest BCUT2D eigenvalue weighted by atomic mass is 16.7. The molecule has 84 heavy (non-hydrogen) atoms. The molecule has 24 heteroatoms. The summed E-state index contributed by atoms with van der Waals surface area (Å²) in [6, 6.07) is 16.3. The molecular weight excluding hydrogens is 1100 g/mol. The lowest BCUT2D eigenvalue weighted by Gasteiger charge is -2.52. The van der Waals surface area contributed by atoms with Crippen LogP contribution in [0.15, 0.2) is 114 Å². The molecule has 0 amide bonds. The summed E-state index contributed by atoms with van der Waals surface area (Å²) in [5, 5.41) is 218. The van der Waals surface area contributed by atoms with Crippen LogP contribution in [0.1, 0.15) is 98.1 Å². The SMILES string of the molecule is OC1=CC2=C(C(O)C1)C(c1c(O)cc(O)c3c1O[C@@]1(c4ccc(O)c(O)c4)Oc4cc(O)c5c(c4[C@@H]3C1O)O[C@H](c1ccc(O)c(O)c1)[C@H](O)[C@H]5c1c(O)cc(O)c3c1O[C@H](c1ccc(O)c(O)c1)[C@H](O)C3)[C@@H](O)[C@@H](c1ccc(O)c(O)c1)O2. The molecule has 13 rings (SSSR count). The predicted molar refractivity (Wildman–Crippen MR) is 283 cm³/mol. The molecule has 3 unspecified atom stereocenters. The van der Waals surface area contributed by atoms with Crippen LogP contribution in [0.3, 0.4) is 0 Å². The van der Waals surface area contributed by atoms with Crippen molar-refractivity contribution < 1.29 is 121 Å². The lowest BCUT2D eigenvalue weighted by Crippen LogP contribution is -2.58. The fourth-order valence-electron chi connectivity index (χ4n) is 12.8. The van der Waals surface area contributed by atoms with E-state index in [0.717, 1.165) is 72.8 Å². The largest absolute Gasteiger partial charge is 0.512 e. The van der Waals surface area contributed by atoms with Crippen LogP contribution < -0.4 is 18.9 Å². The Morgan fingerprint density at radius 3 is 1.44 bits per heavy atom. The Labute approximate surface area is 472 Å². The first-order valence-electron chi connectivity index (χ1n) is 26.0. The number of allylic oxidation sites excluding steroid dienone is 1. The second kappa shape index (κ2) is 18.8. The van der Waals surface area contributed by atoms with E-state index in [0.29, 0.717) is 0 Å². The number of hydrogen-bond donors (Lipinski definition) is 19. The molecule has 0 saturated carbocycles. The van der Waals surface area contributed by atoms with Crippen molar-refractivity contribution >= 4 is 0 Å². The summed E-state index contributed by atoms with van der Waals surface area (Å²) in [7, 11) is 0. The van der Waals surface area contributed by atoms with Gasteiger partial charge in [-0.05, 0) is 71.3 Å². The fraction of sp³-hybridized carbons (Fsp3) is 0.233. The lowest BCUT2D eigenvalue weighted by atomic mass is 9.69. The number of ether oxygens (including phenoxy) is 5. The first kappa shape index (κ1) is 53.3. The van der Waals surface area contributed by atoms with Gasteiger partial charge in [0.1, 0.15) is 81.9 Å². The molecule has 5 heterocycles. The molecule has 0 radical (unpaired) electrons. The van der Waals surface area contributed by atoms with E-state index in [1.54, 1.807) is 0 Å². The number of phenolic OH excluding ortho intramolecular Hbond substituents is 13. The zero-order valence-electron chi connectivity index (χ0n) is 43.0. The van der Waals surface area contributed by atoms with Crippen LogP contribution in [-0.2, 0) is 16.9 Å². The maximum absolute atomic E-state index is 13.2. The summed E-state index contributed by atoms with van der Waals surface area (Å²) in [6.07, 6.45) is -13.6. The third-order valence-electron chi connectivity index (χ3n) is 16.6. The Hall–Kier alpha value is -9.98. The monoisotopic (exact) mass is 1150 g/mol. The van der Waals surface area contributed by atoms with Crippen molar-refractivity contribution in [1.82, 2.24) is 0 Å². The highest BCUT2D eigenvalue weighted by Gasteiger charge is 2.62. The van der Waals surface area contributed by atoms with Gasteiger partial charge in [0.25, 0.3) is 0 Å². The number of aliphatic hydroxyl groups is 6. The molecule has 24 nitrogen and oxygen atoms in total. The molecule has 7 aromatic rings. The smallest absolute Gasteiger partial charge is 0.305 e. The first-order valence-corrected chi connectivity index (χ1v) is 26.0. The summed E-state index contributed by atoms with van der Waals surface area (Å²) in [6.45, 7) is 0. The van der Waals surface area contributed by atoms with Crippen molar-refractivity contribution in [3.63, 3.8) is 0 Å². The normalized spacial score (nSPS) is 27.2. The van der Waals surface area contributed by atoms with Gasteiger partial charge in [0.15, 0.2) is 58.2 Å². The van der Waals surface area contributed by atoms with Crippen LogP contribution in [0.5, 0.6) is 97.7 Å². The van der Waals surface area contributed by atoms with E-state index in [4.69, 9.17) is 23.7 Å². The molecule has 434 valence electrons. The fourth-order valence-corrected chi connectivity index (χ4v) is 12.8. The minimum absolute atomic E-state index is 0.0328. The van der Waals surface area contributed by atoms with Crippen LogP contribution in [0.2, 0.25) is 0 Å². The number of phenols is 13. The quantitative estimate of drug-likeness (QED) is 0.0935. The van der Waals surface area contributed by atoms with Crippen LogP contribution in [0.4, 0.5) is 0 Å². The van der Waals surface area contributed by atoms with Gasteiger partial charge in [0.2, 0.25) is 0 Å². The molecular formula is C60H50O24. The average Bonchev–Trinajstić information content (AvgIpc) is 0.715. The van der Waals surface area contributed by atoms with Crippen molar-refractivity contribution in [2.24, 2.45) is 0 Å². The topological polar surface area (TPSA) is 431 Å². The van der Waals surface area contributed by atoms with Gasteiger partial charge >= 0.3 is 5.79 Å². The molecule has 2 bridgehead atoms. The second-order valence-electron chi connectivity index (χ2n) is 21.5. The lowest BCUT2D eigenvalue weighted by molar-refractivity contribution is -0.219. The van der Waals surface area contributed by atoms with Crippen molar-refractivity contribution in [1.29, 1.82) is 0 Å². The average molecular weight is 1160 g/mol. The molecule has 7 aromatic carbocycles. The van der Waals surface area contributed by atoms with Gasteiger partial charge in [0, 0.05) is 87.6 Å². The molecule has 0 saturated heterocycles. The van der Waals surface area contributed by atoms with Crippen molar-refractivity contribution in [2.45, 2.75) is 85.2 Å². The number of benzene rings is 7. The van der Waals surface area contributed by atoms with E-state index in [1.807, 2.05) is 0 Å². The zero-order valence-corrected chi connectivity index (χ0v) is 43.0.